The number of hydrogen-bond acceptors (Lipinski definition) is 6. The van der Waals surface area contributed by atoms with Crippen LogP contribution in [0.25, 0.3) is 0 Å². The van der Waals surface area contributed by atoms with Crippen LogP contribution in [0.15, 0.2) is 29.4 Å². The summed E-state index contributed by atoms with van der Waals surface area (Å²) in [6.45, 7) is -0.00171. The van der Waals surface area contributed by atoms with E-state index in [1.54, 1.807) is 11.6 Å². The van der Waals surface area contributed by atoms with Gasteiger partial charge in [-0.3, -0.25) is 0 Å². The SMILES string of the molecule is Cn1cnnc1CNS(=O)(=O)c1ccc(C#N)cc1N. The third kappa shape index (κ3) is 2.76. The van der Waals surface area contributed by atoms with Crippen molar-refractivity contribution in [2.75, 3.05) is 5.73 Å². The fourth-order valence-electron chi connectivity index (χ4n) is 1.57. The van der Waals surface area contributed by atoms with Crippen molar-refractivity contribution in [2.45, 2.75) is 11.4 Å². The van der Waals surface area contributed by atoms with Gasteiger partial charge in [0, 0.05) is 7.05 Å². The van der Waals surface area contributed by atoms with Gasteiger partial charge in [-0.2, -0.15) is 5.26 Å². The van der Waals surface area contributed by atoms with Gasteiger partial charge in [-0.05, 0) is 18.2 Å². The summed E-state index contributed by atoms with van der Waals surface area (Å²) in [5.41, 5.74) is 5.98. The number of nitrogens with two attached hydrogens (primary N) is 1. The molecule has 0 radical (unpaired) electrons. The summed E-state index contributed by atoms with van der Waals surface area (Å²) in [5, 5.41) is 16.2. The average Bonchev–Trinajstić information content (AvgIpc) is 2.81. The molecule has 20 heavy (non-hydrogen) atoms. The number of anilines is 1. The van der Waals surface area contributed by atoms with Crippen molar-refractivity contribution < 1.29 is 8.42 Å². The Kier molecular flexibility index (Phi) is 3.69. The molecule has 0 bridgehead atoms. The Morgan fingerprint density at radius 1 is 1.50 bits per heavy atom. The molecular formula is C11H12N6O2S. The molecular weight excluding hydrogens is 280 g/mol. The monoisotopic (exact) mass is 292 g/mol. The minimum atomic E-state index is -3.77. The lowest BCUT2D eigenvalue weighted by Crippen LogP contribution is -2.25. The first kappa shape index (κ1) is 14.0. The number of benzene rings is 1. The minimum Gasteiger partial charge on any atom is -0.398 e. The molecule has 0 aliphatic carbocycles. The first-order chi connectivity index (χ1) is 9.44. The highest BCUT2D eigenvalue weighted by Gasteiger charge is 2.18. The highest BCUT2D eigenvalue weighted by atomic mass is 32.2. The first-order valence-electron chi connectivity index (χ1n) is 5.56. The number of nitriles is 1. The highest BCUT2D eigenvalue weighted by molar-refractivity contribution is 7.89. The molecule has 1 aromatic heterocycles. The van der Waals surface area contributed by atoms with E-state index in [0.29, 0.717) is 11.4 Å². The molecule has 8 nitrogen and oxygen atoms in total. The molecule has 0 saturated carbocycles. The van der Waals surface area contributed by atoms with E-state index in [2.05, 4.69) is 14.9 Å². The zero-order chi connectivity index (χ0) is 14.8. The zero-order valence-corrected chi connectivity index (χ0v) is 11.4. The Hall–Kier alpha value is -2.44. The lowest BCUT2D eigenvalue weighted by Gasteiger charge is -2.08. The predicted molar refractivity (Wildman–Crippen MR) is 70.6 cm³/mol. The van der Waals surface area contributed by atoms with Gasteiger partial charge in [0.2, 0.25) is 10.0 Å². The molecule has 0 aliphatic rings. The summed E-state index contributed by atoms with van der Waals surface area (Å²) in [5.74, 6) is 0.473. The van der Waals surface area contributed by atoms with Gasteiger partial charge < -0.3 is 10.3 Å². The highest BCUT2D eigenvalue weighted by Crippen LogP contribution is 2.19. The molecule has 0 unspecified atom stereocenters. The Labute approximate surface area is 115 Å². The lowest BCUT2D eigenvalue weighted by atomic mass is 10.2. The van der Waals surface area contributed by atoms with Gasteiger partial charge in [0.1, 0.15) is 17.0 Å². The first-order valence-corrected chi connectivity index (χ1v) is 7.04. The lowest BCUT2D eigenvalue weighted by molar-refractivity contribution is 0.578. The molecule has 3 N–H and O–H groups in total. The number of aryl methyl sites for hydroxylation is 1. The van der Waals surface area contributed by atoms with E-state index in [1.807, 2.05) is 6.07 Å². The third-order valence-electron chi connectivity index (χ3n) is 2.65. The summed E-state index contributed by atoms with van der Waals surface area (Å²) in [4.78, 5) is -0.0707. The van der Waals surface area contributed by atoms with Crippen LogP contribution in [0.4, 0.5) is 5.69 Å². The Balaban J connectivity index is 2.23. The van der Waals surface area contributed by atoms with Crippen molar-refractivity contribution in [3.63, 3.8) is 0 Å². The topological polar surface area (TPSA) is 127 Å². The fourth-order valence-corrected chi connectivity index (χ4v) is 2.66. The fraction of sp³-hybridized carbons (Fsp3) is 0.182. The third-order valence-corrected chi connectivity index (χ3v) is 4.13. The molecule has 0 amide bonds. The van der Waals surface area contributed by atoms with Crippen LogP contribution in [0.5, 0.6) is 0 Å². The molecule has 0 atom stereocenters. The molecule has 0 spiro atoms. The van der Waals surface area contributed by atoms with E-state index in [4.69, 9.17) is 11.0 Å². The molecule has 104 valence electrons. The van der Waals surface area contributed by atoms with Gasteiger partial charge in [0.05, 0.1) is 23.9 Å². The second kappa shape index (κ2) is 5.28. The van der Waals surface area contributed by atoms with Gasteiger partial charge in [0.25, 0.3) is 0 Å². The van der Waals surface area contributed by atoms with Gasteiger partial charge >= 0.3 is 0 Å². The van der Waals surface area contributed by atoms with E-state index in [9.17, 15) is 8.42 Å². The van der Waals surface area contributed by atoms with Crippen molar-refractivity contribution in [3.05, 3.63) is 35.9 Å². The number of hydrogen-bond donors (Lipinski definition) is 2. The smallest absolute Gasteiger partial charge is 0.243 e. The average molecular weight is 292 g/mol. The van der Waals surface area contributed by atoms with Crippen LogP contribution in [-0.4, -0.2) is 23.2 Å². The van der Waals surface area contributed by atoms with Crippen molar-refractivity contribution in [3.8, 4) is 6.07 Å². The number of nitrogen functional groups attached to an aromatic ring is 1. The maximum Gasteiger partial charge on any atom is 0.243 e. The molecule has 2 aromatic rings. The molecule has 0 saturated heterocycles. The maximum absolute atomic E-state index is 12.1. The van der Waals surface area contributed by atoms with Crippen molar-refractivity contribution in [1.29, 1.82) is 5.26 Å². The second-order valence-corrected chi connectivity index (χ2v) is 5.78. The quantitative estimate of drug-likeness (QED) is 0.748. The van der Waals surface area contributed by atoms with E-state index in [-0.39, 0.29) is 17.1 Å². The van der Waals surface area contributed by atoms with Crippen LogP contribution in [0.3, 0.4) is 0 Å². The Morgan fingerprint density at radius 2 is 2.25 bits per heavy atom. The molecule has 0 aliphatic heterocycles. The summed E-state index contributed by atoms with van der Waals surface area (Å²) in [7, 11) is -2.07. The number of sulfonamides is 1. The number of nitrogens with zero attached hydrogens (tertiary/aromatic N) is 4. The van der Waals surface area contributed by atoms with Crippen LogP contribution in [-0.2, 0) is 23.6 Å². The summed E-state index contributed by atoms with van der Waals surface area (Å²) < 4.78 is 28.2. The normalized spacial score (nSPS) is 11.2. The summed E-state index contributed by atoms with van der Waals surface area (Å²) in [6.07, 6.45) is 1.47. The van der Waals surface area contributed by atoms with Crippen molar-refractivity contribution in [1.82, 2.24) is 19.5 Å². The zero-order valence-electron chi connectivity index (χ0n) is 10.6. The second-order valence-electron chi connectivity index (χ2n) is 4.05. The maximum atomic E-state index is 12.1. The van der Waals surface area contributed by atoms with Gasteiger partial charge in [-0.25, -0.2) is 13.1 Å². The van der Waals surface area contributed by atoms with Crippen LogP contribution < -0.4 is 10.5 Å². The summed E-state index contributed by atoms with van der Waals surface area (Å²) >= 11 is 0. The molecule has 1 heterocycles. The standard InChI is InChI=1S/C11H12N6O2S/c1-17-7-14-16-11(17)6-15-20(18,19)10-3-2-8(5-12)4-9(10)13/h2-4,7,15H,6,13H2,1H3. The molecule has 9 heteroatoms. The van der Waals surface area contributed by atoms with Gasteiger partial charge in [0.15, 0.2) is 0 Å². The van der Waals surface area contributed by atoms with Crippen molar-refractivity contribution >= 4 is 15.7 Å². The van der Waals surface area contributed by atoms with Gasteiger partial charge in [-0.15, -0.1) is 10.2 Å². The molecule has 2 rings (SSSR count). The number of nitrogens with one attached hydrogen (secondary N) is 1. The number of aromatic nitrogens is 3. The van der Waals surface area contributed by atoms with Gasteiger partial charge in [-0.1, -0.05) is 0 Å². The van der Waals surface area contributed by atoms with Crippen molar-refractivity contribution in [2.24, 2.45) is 7.05 Å². The predicted octanol–water partition coefficient (Wildman–Crippen LogP) is -0.253. The molecule has 0 fully saturated rings. The van der Waals surface area contributed by atoms with E-state index < -0.39 is 10.0 Å². The largest absolute Gasteiger partial charge is 0.398 e. The Morgan fingerprint density at radius 3 is 2.80 bits per heavy atom. The van der Waals surface area contributed by atoms with E-state index >= 15 is 0 Å². The van der Waals surface area contributed by atoms with Crippen LogP contribution >= 0.6 is 0 Å². The Bertz CT molecular complexity index is 774. The van der Waals surface area contributed by atoms with E-state index in [1.165, 1.54) is 24.5 Å². The number of rotatable bonds is 4. The van der Waals surface area contributed by atoms with E-state index in [0.717, 1.165) is 0 Å². The summed E-state index contributed by atoms with van der Waals surface area (Å²) in [6, 6.07) is 5.90. The van der Waals surface area contributed by atoms with Crippen LogP contribution in [0.1, 0.15) is 11.4 Å². The minimum absolute atomic E-state index is 0.00171. The van der Waals surface area contributed by atoms with Crippen LogP contribution in [0, 0.1) is 11.3 Å². The van der Waals surface area contributed by atoms with Crippen LogP contribution in [0.2, 0.25) is 0 Å². The molecule has 1 aromatic carbocycles.